The van der Waals surface area contributed by atoms with Crippen LogP contribution in [0.5, 0.6) is 0 Å². The largest absolute Gasteiger partial charge is 0.480 e. The van der Waals surface area contributed by atoms with Gasteiger partial charge in [-0.1, -0.05) is 48.5 Å². The molecule has 2 aromatic carbocycles. The number of likely N-dealkylation sites (N-methyl/N-ethyl adjacent to an activating group) is 1. The number of ether oxygens (including phenoxy) is 1. The number of carbonyl (C=O) groups excluding carboxylic acids is 2. The van der Waals surface area contributed by atoms with Gasteiger partial charge in [-0.05, 0) is 41.5 Å². The number of unbranched alkanes of at least 4 members (excludes halogenated alkanes) is 1. The lowest BCUT2D eigenvalue weighted by atomic mass is 9.98. The summed E-state index contributed by atoms with van der Waals surface area (Å²) in [5, 5.41) is 12.4. The maximum atomic E-state index is 12.7. The van der Waals surface area contributed by atoms with Crippen molar-refractivity contribution in [1.82, 2.24) is 15.1 Å². The van der Waals surface area contributed by atoms with Crippen LogP contribution < -0.4 is 5.32 Å². The van der Waals surface area contributed by atoms with E-state index in [2.05, 4.69) is 17.4 Å². The Morgan fingerprint density at radius 2 is 1.76 bits per heavy atom. The number of amides is 3. The fourth-order valence-electron chi connectivity index (χ4n) is 4.67. The molecule has 8 nitrogen and oxygen atoms in total. The fraction of sp³-hybridized carbons (Fsp3) is 0.400. The summed E-state index contributed by atoms with van der Waals surface area (Å²) in [5.41, 5.74) is 4.49. The van der Waals surface area contributed by atoms with Gasteiger partial charge in [-0.3, -0.25) is 4.90 Å². The minimum Gasteiger partial charge on any atom is -0.480 e. The van der Waals surface area contributed by atoms with Crippen LogP contribution in [0.25, 0.3) is 11.1 Å². The van der Waals surface area contributed by atoms with Crippen molar-refractivity contribution in [3.8, 4) is 11.1 Å². The Hall–Kier alpha value is -3.55. The fourth-order valence-corrected chi connectivity index (χ4v) is 4.67. The van der Waals surface area contributed by atoms with Crippen LogP contribution in [0.4, 0.5) is 9.59 Å². The highest BCUT2D eigenvalue weighted by molar-refractivity contribution is 5.81. The van der Waals surface area contributed by atoms with Crippen LogP contribution in [0.1, 0.15) is 36.3 Å². The van der Waals surface area contributed by atoms with Gasteiger partial charge in [0, 0.05) is 32.6 Å². The predicted octanol–water partition coefficient (Wildman–Crippen LogP) is 3.52. The highest BCUT2D eigenvalue weighted by Gasteiger charge is 2.31. The quantitative estimate of drug-likeness (QED) is 0.569. The number of hydrogen-bond donors (Lipinski definition) is 2. The van der Waals surface area contributed by atoms with Crippen LogP contribution in [0.3, 0.4) is 0 Å². The van der Waals surface area contributed by atoms with Gasteiger partial charge in [0.2, 0.25) is 0 Å². The number of aliphatic carboxylic acids is 1. The number of carboxylic acid groups (broad SMARTS) is 1. The second kappa shape index (κ2) is 9.94. The van der Waals surface area contributed by atoms with E-state index in [9.17, 15) is 19.5 Å². The SMILES string of the molecule is CN(C(=O)OCC1c2ccccc2-c2ccccc21)[C@@H](CCCCN1CCNC1=O)C(=O)O. The number of carboxylic acids is 1. The molecular formula is C25H29N3O5. The van der Waals surface area contributed by atoms with E-state index in [-0.39, 0.29) is 18.6 Å². The lowest BCUT2D eigenvalue weighted by molar-refractivity contribution is -0.142. The summed E-state index contributed by atoms with van der Waals surface area (Å²) in [6.45, 7) is 2.03. The lowest BCUT2D eigenvalue weighted by Crippen LogP contribution is -2.43. The normalized spacial score (nSPS) is 15.5. The van der Waals surface area contributed by atoms with E-state index in [0.717, 1.165) is 27.2 Å². The first kappa shape index (κ1) is 22.6. The molecule has 174 valence electrons. The van der Waals surface area contributed by atoms with Crippen molar-refractivity contribution in [3.05, 3.63) is 59.7 Å². The Bertz CT molecular complexity index is 995. The standard InChI is InChI=1S/C25H29N3O5/c1-27(22(23(29)30)12-6-7-14-28-15-13-26-24(28)31)25(32)33-16-21-19-10-4-2-8-17(19)18-9-3-5-11-20(18)21/h2-5,8-11,21-22H,6-7,12-16H2,1H3,(H,26,31)(H,29,30)/t22-/m0/s1. The molecule has 2 aromatic rings. The number of carbonyl (C=O) groups is 3. The summed E-state index contributed by atoms with van der Waals surface area (Å²) in [7, 11) is 1.46. The Morgan fingerprint density at radius 3 is 2.33 bits per heavy atom. The minimum absolute atomic E-state index is 0.0790. The van der Waals surface area contributed by atoms with Crippen molar-refractivity contribution in [2.24, 2.45) is 0 Å². The van der Waals surface area contributed by atoms with Gasteiger partial charge >= 0.3 is 18.1 Å². The first-order valence-electron chi connectivity index (χ1n) is 11.3. The van der Waals surface area contributed by atoms with Gasteiger partial charge < -0.3 is 20.1 Å². The molecule has 2 aliphatic rings. The first-order chi connectivity index (χ1) is 16.0. The zero-order chi connectivity index (χ0) is 23.4. The highest BCUT2D eigenvalue weighted by atomic mass is 16.6. The van der Waals surface area contributed by atoms with E-state index in [1.807, 2.05) is 36.4 Å². The summed E-state index contributed by atoms with van der Waals surface area (Å²) >= 11 is 0. The Labute approximate surface area is 193 Å². The zero-order valence-corrected chi connectivity index (χ0v) is 18.7. The van der Waals surface area contributed by atoms with Crippen molar-refractivity contribution in [3.63, 3.8) is 0 Å². The minimum atomic E-state index is -1.06. The maximum Gasteiger partial charge on any atom is 0.410 e. The van der Waals surface area contributed by atoms with Crippen molar-refractivity contribution in [2.45, 2.75) is 31.2 Å². The van der Waals surface area contributed by atoms with Crippen molar-refractivity contribution in [1.29, 1.82) is 0 Å². The zero-order valence-electron chi connectivity index (χ0n) is 18.7. The number of fused-ring (bicyclic) bond motifs is 3. The van der Waals surface area contributed by atoms with Gasteiger partial charge in [0.15, 0.2) is 0 Å². The van der Waals surface area contributed by atoms with Gasteiger partial charge in [0.05, 0.1) is 0 Å². The molecule has 0 spiro atoms. The smallest absolute Gasteiger partial charge is 0.410 e. The summed E-state index contributed by atoms with van der Waals surface area (Å²) in [6, 6.07) is 15.1. The molecule has 33 heavy (non-hydrogen) atoms. The van der Waals surface area contributed by atoms with Crippen LogP contribution in [0, 0.1) is 0 Å². The summed E-state index contributed by atoms with van der Waals surface area (Å²) in [6.07, 6.45) is 0.909. The number of rotatable bonds is 9. The molecular weight excluding hydrogens is 422 g/mol. The molecule has 1 heterocycles. The molecule has 0 radical (unpaired) electrons. The van der Waals surface area contributed by atoms with Gasteiger partial charge in [-0.15, -0.1) is 0 Å². The molecule has 0 saturated carbocycles. The second-order valence-electron chi connectivity index (χ2n) is 8.48. The third-order valence-corrected chi connectivity index (χ3v) is 6.48. The molecule has 2 N–H and O–H groups in total. The molecule has 1 atom stereocenters. The number of benzene rings is 2. The van der Waals surface area contributed by atoms with Crippen molar-refractivity contribution < 1.29 is 24.2 Å². The van der Waals surface area contributed by atoms with Gasteiger partial charge in [0.25, 0.3) is 0 Å². The van der Waals surface area contributed by atoms with Gasteiger partial charge in [-0.25, -0.2) is 14.4 Å². The second-order valence-corrected chi connectivity index (χ2v) is 8.48. The van der Waals surface area contributed by atoms with Crippen LogP contribution in [0.15, 0.2) is 48.5 Å². The summed E-state index contributed by atoms with van der Waals surface area (Å²) in [4.78, 5) is 39.0. The molecule has 4 rings (SSSR count). The van der Waals surface area contributed by atoms with Crippen LogP contribution in [-0.2, 0) is 9.53 Å². The predicted molar refractivity (Wildman–Crippen MR) is 123 cm³/mol. The lowest BCUT2D eigenvalue weighted by Gasteiger charge is -2.25. The number of hydrogen-bond acceptors (Lipinski definition) is 4. The topological polar surface area (TPSA) is 99.2 Å². The molecule has 1 fully saturated rings. The van der Waals surface area contributed by atoms with Crippen LogP contribution in [0.2, 0.25) is 0 Å². The molecule has 8 heteroatoms. The number of nitrogens with zero attached hydrogens (tertiary/aromatic N) is 2. The Balaban J connectivity index is 1.33. The summed E-state index contributed by atoms with van der Waals surface area (Å²) < 4.78 is 5.60. The van der Waals surface area contributed by atoms with Crippen molar-refractivity contribution >= 4 is 18.1 Å². The molecule has 0 bridgehead atoms. The molecule has 0 aromatic heterocycles. The Morgan fingerprint density at radius 1 is 1.12 bits per heavy atom. The third-order valence-electron chi connectivity index (χ3n) is 6.48. The van der Waals surface area contributed by atoms with E-state index in [1.54, 1.807) is 4.90 Å². The van der Waals surface area contributed by atoms with Crippen LogP contribution in [-0.4, -0.2) is 72.3 Å². The van der Waals surface area contributed by atoms with E-state index >= 15 is 0 Å². The molecule has 0 unspecified atom stereocenters. The van der Waals surface area contributed by atoms with Crippen molar-refractivity contribution in [2.75, 3.05) is 33.3 Å². The monoisotopic (exact) mass is 451 g/mol. The summed E-state index contributed by atoms with van der Waals surface area (Å²) in [5.74, 6) is -1.14. The molecule has 1 saturated heterocycles. The van der Waals surface area contributed by atoms with E-state index in [0.29, 0.717) is 38.9 Å². The maximum absolute atomic E-state index is 12.7. The average Bonchev–Trinajstić information content (AvgIpc) is 3.37. The highest BCUT2D eigenvalue weighted by Crippen LogP contribution is 2.44. The van der Waals surface area contributed by atoms with E-state index in [1.165, 1.54) is 7.05 Å². The number of urea groups is 1. The molecule has 3 amide bonds. The first-order valence-corrected chi connectivity index (χ1v) is 11.3. The molecule has 1 aliphatic heterocycles. The van der Waals surface area contributed by atoms with E-state index in [4.69, 9.17) is 4.74 Å². The van der Waals surface area contributed by atoms with Gasteiger partial charge in [-0.2, -0.15) is 0 Å². The Kier molecular flexibility index (Phi) is 6.82. The molecule has 1 aliphatic carbocycles. The average molecular weight is 452 g/mol. The number of nitrogens with one attached hydrogen (secondary N) is 1. The van der Waals surface area contributed by atoms with E-state index < -0.39 is 18.1 Å². The van der Waals surface area contributed by atoms with Crippen LogP contribution >= 0.6 is 0 Å². The third kappa shape index (κ3) is 4.79. The van der Waals surface area contributed by atoms with Gasteiger partial charge in [0.1, 0.15) is 12.6 Å².